The lowest BCUT2D eigenvalue weighted by atomic mass is 9.76. The van der Waals surface area contributed by atoms with Crippen LogP contribution in [0.15, 0.2) is 47.8 Å². The number of rotatable bonds is 8. The molecule has 0 bridgehead atoms. The highest BCUT2D eigenvalue weighted by Gasteiger charge is 2.28. The highest BCUT2D eigenvalue weighted by molar-refractivity contribution is 7.13. The lowest BCUT2D eigenvalue weighted by molar-refractivity contribution is 0.0691. The summed E-state index contributed by atoms with van der Waals surface area (Å²) >= 11 is 1.57. The number of fused-ring (bicyclic) bond motifs is 3. The van der Waals surface area contributed by atoms with Crippen molar-refractivity contribution >= 4 is 34.8 Å². The van der Waals surface area contributed by atoms with Gasteiger partial charge in [-0.1, -0.05) is 32.9 Å². The van der Waals surface area contributed by atoms with Crippen molar-refractivity contribution < 1.29 is 24.2 Å². The Bertz CT molecular complexity index is 1800. The summed E-state index contributed by atoms with van der Waals surface area (Å²) in [4.78, 5) is 45.0. The predicted octanol–water partition coefficient (Wildman–Crippen LogP) is 7.24. The molecule has 9 nitrogen and oxygen atoms in total. The number of anilines is 1. The first-order valence-electron chi connectivity index (χ1n) is 16.1. The van der Waals surface area contributed by atoms with E-state index in [1.165, 1.54) is 6.07 Å². The van der Waals surface area contributed by atoms with E-state index in [2.05, 4.69) is 28.6 Å². The highest BCUT2D eigenvalue weighted by atomic mass is 32.1. The number of carbonyl (C=O) groups excluding carboxylic acids is 2. The Balaban J connectivity index is 0.00000213. The fraction of sp³-hybridized carbons (Fsp3) is 0.351. The Labute approximate surface area is 279 Å². The molecule has 1 aliphatic heterocycles. The zero-order valence-electron chi connectivity index (χ0n) is 27.5. The maximum atomic E-state index is 14.1. The van der Waals surface area contributed by atoms with Crippen molar-refractivity contribution in [1.29, 1.82) is 0 Å². The molecule has 47 heavy (non-hydrogen) atoms. The second kappa shape index (κ2) is 14.5. The Morgan fingerprint density at radius 1 is 1.00 bits per heavy atom. The third-order valence-electron chi connectivity index (χ3n) is 8.69. The zero-order chi connectivity index (χ0) is 33.8. The van der Waals surface area contributed by atoms with E-state index in [0.717, 1.165) is 45.5 Å². The zero-order valence-corrected chi connectivity index (χ0v) is 28.3. The molecule has 10 heteroatoms. The van der Waals surface area contributed by atoms with Crippen LogP contribution in [0.4, 0.5) is 5.69 Å². The lowest BCUT2D eigenvalue weighted by Crippen LogP contribution is -2.35. The number of benzene rings is 2. The van der Waals surface area contributed by atoms with Crippen LogP contribution in [-0.2, 0) is 13.0 Å². The van der Waals surface area contributed by atoms with Gasteiger partial charge in [-0.05, 0) is 96.5 Å². The van der Waals surface area contributed by atoms with Crippen molar-refractivity contribution in [2.45, 2.75) is 60.4 Å². The van der Waals surface area contributed by atoms with E-state index in [0.29, 0.717) is 55.0 Å². The fourth-order valence-electron chi connectivity index (χ4n) is 6.41. The monoisotopic (exact) mass is 654 g/mol. The topological polar surface area (TPSA) is 144 Å². The fourth-order valence-corrected chi connectivity index (χ4v) is 7.38. The van der Waals surface area contributed by atoms with Crippen LogP contribution in [0.1, 0.15) is 87.2 Å². The van der Waals surface area contributed by atoms with Gasteiger partial charge in [0, 0.05) is 52.3 Å². The summed E-state index contributed by atoms with van der Waals surface area (Å²) < 4.78 is 6.14. The molecule has 3 heterocycles. The molecule has 2 aliphatic rings. The number of aryl methyl sites for hydroxylation is 2. The molecule has 0 unspecified atom stereocenters. The number of carbonyl (C=O) groups is 3. The van der Waals surface area contributed by atoms with Crippen molar-refractivity contribution in [2.24, 2.45) is 17.6 Å². The summed E-state index contributed by atoms with van der Waals surface area (Å²) in [6.07, 6.45) is 2.82. The molecule has 1 aliphatic carbocycles. The van der Waals surface area contributed by atoms with E-state index in [9.17, 15) is 19.5 Å². The number of hydrogen-bond acceptors (Lipinski definition) is 7. The quantitative estimate of drug-likeness (QED) is 0.157. The van der Waals surface area contributed by atoms with Crippen LogP contribution in [0, 0.1) is 25.7 Å². The summed E-state index contributed by atoms with van der Waals surface area (Å²) in [5.41, 5.74) is 11.6. The van der Waals surface area contributed by atoms with Gasteiger partial charge in [-0.15, -0.1) is 11.3 Å². The summed E-state index contributed by atoms with van der Waals surface area (Å²) in [5, 5.41) is 18.2. The van der Waals surface area contributed by atoms with E-state index in [-0.39, 0.29) is 22.5 Å². The minimum atomic E-state index is -1.31. The molecule has 0 saturated heterocycles. The number of nitrogens with one attached hydrogen (secondary N) is 2. The summed E-state index contributed by atoms with van der Waals surface area (Å²) in [6.45, 7) is 11.3. The summed E-state index contributed by atoms with van der Waals surface area (Å²) in [5.74, 6) is -0.512. The minimum absolute atomic E-state index is 0.00926. The highest BCUT2D eigenvalue weighted by Crippen LogP contribution is 2.43. The van der Waals surface area contributed by atoms with Gasteiger partial charge >= 0.3 is 5.97 Å². The molecule has 6 rings (SSSR count). The van der Waals surface area contributed by atoms with Gasteiger partial charge in [0.15, 0.2) is 5.69 Å². The van der Waals surface area contributed by atoms with Gasteiger partial charge in [0.05, 0.1) is 6.61 Å². The number of aromatic carboxylic acids is 1. The van der Waals surface area contributed by atoms with Crippen LogP contribution < -0.4 is 21.1 Å². The average molecular weight is 655 g/mol. The van der Waals surface area contributed by atoms with Crippen LogP contribution >= 0.6 is 11.3 Å². The molecule has 246 valence electrons. The number of carboxylic acids is 1. The molecule has 0 atom stereocenters. The predicted molar refractivity (Wildman–Crippen MR) is 186 cm³/mol. The summed E-state index contributed by atoms with van der Waals surface area (Å²) in [7, 11) is 0. The molecule has 5 N–H and O–H groups in total. The molecular weight excluding hydrogens is 612 g/mol. The first kappa shape index (κ1) is 33.8. The van der Waals surface area contributed by atoms with Crippen molar-refractivity contribution in [3.63, 3.8) is 0 Å². The van der Waals surface area contributed by atoms with Gasteiger partial charge < -0.3 is 26.2 Å². The second-order valence-corrected chi connectivity index (χ2v) is 13.0. The minimum Gasteiger partial charge on any atom is -0.493 e. The van der Waals surface area contributed by atoms with Crippen molar-refractivity contribution in [2.75, 3.05) is 18.5 Å². The third-order valence-corrected chi connectivity index (χ3v) is 9.68. The molecule has 0 radical (unpaired) electrons. The largest absolute Gasteiger partial charge is 0.493 e. The van der Waals surface area contributed by atoms with Gasteiger partial charge in [-0.3, -0.25) is 9.59 Å². The number of thiophene rings is 1. The number of nitrogens with two attached hydrogens (primary N) is 1. The molecular formula is C37H42N4O5S. The number of nitrogens with zero attached hydrogens (tertiary/aromatic N) is 1. The van der Waals surface area contributed by atoms with E-state index in [4.69, 9.17) is 10.5 Å². The Kier molecular flexibility index (Phi) is 10.4. The van der Waals surface area contributed by atoms with Gasteiger partial charge in [0.25, 0.3) is 11.8 Å². The standard InChI is InChI=1S/C35H36N4O5S.C2H6/c1-18-10-22(11-18)17-37-34(41)28-5-4-24(31(38-28)35(42)43)25-15-29-27(32-23(6-8-44-29)7-9-45-32)14-26(25)33(40)39-30-19(2)12-21(16-36)13-20(30)3;1-2/h4-5,7,9,12-15,18,22H,6,8,10-11,16-17,36H2,1-3H3,(H,37,41)(H,39,40)(H,42,43);1-2H3. The van der Waals surface area contributed by atoms with Crippen LogP contribution in [0.3, 0.4) is 0 Å². The Morgan fingerprint density at radius 3 is 2.38 bits per heavy atom. The van der Waals surface area contributed by atoms with Crippen molar-refractivity contribution in [1.82, 2.24) is 10.3 Å². The third kappa shape index (κ3) is 7.08. The van der Waals surface area contributed by atoms with Crippen LogP contribution in [0.2, 0.25) is 0 Å². The van der Waals surface area contributed by atoms with Crippen molar-refractivity contribution in [3.8, 4) is 27.3 Å². The van der Waals surface area contributed by atoms with E-state index < -0.39 is 17.8 Å². The van der Waals surface area contributed by atoms with E-state index in [1.54, 1.807) is 29.5 Å². The van der Waals surface area contributed by atoms with Crippen LogP contribution in [-0.4, -0.2) is 41.0 Å². The van der Waals surface area contributed by atoms with E-state index >= 15 is 0 Å². The Hall–Kier alpha value is -4.54. The molecule has 2 aromatic heterocycles. The van der Waals surface area contributed by atoms with Gasteiger partial charge in [0.2, 0.25) is 0 Å². The van der Waals surface area contributed by atoms with Gasteiger partial charge in [-0.2, -0.15) is 0 Å². The second-order valence-electron chi connectivity index (χ2n) is 12.1. The summed E-state index contributed by atoms with van der Waals surface area (Å²) in [6, 6.07) is 12.5. The maximum Gasteiger partial charge on any atom is 0.355 e. The Morgan fingerprint density at radius 2 is 1.72 bits per heavy atom. The normalized spacial score (nSPS) is 16.2. The molecule has 1 fully saturated rings. The van der Waals surface area contributed by atoms with Crippen molar-refractivity contribution in [3.05, 3.63) is 87.0 Å². The molecule has 1 saturated carbocycles. The van der Waals surface area contributed by atoms with Crippen LogP contribution in [0.5, 0.6) is 5.75 Å². The van der Waals surface area contributed by atoms with Crippen LogP contribution in [0.25, 0.3) is 21.6 Å². The number of pyridine rings is 1. The smallest absolute Gasteiger partial charge is 0.355 e. The first-order valence-corrected chi connectivity index (χ1v) is 17.0. The number of ether oxygens (including phenoxy) is 1. The first-order chi connectivity index (χ1) is 22.6. The SMILES string of the molecule is CC.Cc1cc(CN)cc(C)c1NC(=O)c1cc2c(cc1-c1ccc(C(=O)NCC3CC(C)C3)nc1C(=O)O)OCCc1ccsc1-2. The number of amides is 2. The number of carboxylic acid groups (broad SMARTS) is 1. The average Bonchev–Trinajstić information content (AvgIpc) is 3.45. The number of aromatic nitrogens is 1. The van der Waals surface area contributed by atoms with Gasteiger partial charge in [0.1, 0.15) is 11.4 Å². The van der Waals surface area contributed by atoms with Gasteiger partial charge in [-0.25, -0.2) is 9.78 Å². The lowest BCUT2D eigenvalue weighted by Gasteiger charge is -2.32. The molecule has 0 spiro atoms. The molecule has 2 aromatic carbocycles. The molecule has 2 amide bonds. The maximum absolute atomic E-state index is 14.1. The number of hydrogen-bond donors (Lipinski definition) is 4. The van der Waals surface area contributed by atoms with E-state index in [1.807, 2.05) is 45.2 Å². The molecule has 4 aromatic rings.